The predicted molar refractivity (Wildman–Crippen MR) is 41.2 cm³/mol. The predicted octanol–water partition coefficient (Wildman–Crippen LogP) is 1.43. The highest BCUT2D eigenvalue weighted by atomic mass is 16.7. The Morgan fingerprint density at radius 2 is 2.30 bits per heavy atom. The van der Waals surface area contributed by atoms with Gasteiger partial charge < -0.3 is 9.57 Å². The molecule has 0 amide bonds. The lowest BCUT2D eigenvalue weighted by Gasteiger charge is -1.89. The maximum absolute atomic E-state index is 4.86. The summed E-state index contributed by atoms with van der Waals surface area (Å²) in [6.07, 6.45) is 1.93. The fraction of sp³-hybridized carbons (Fsp3) is 0.857. The van der Waals surface area contributed by atoms with Gasteiger partial charge in [0.1, 0.15) is 12.7 Å². The van der Waals surface area contributed by atoms with E-state index in [0.29, 0.717) is 12.7 Å². The molecule has 1 unspecified atom stereocenters. The summed E-state index contributed by atoms with van der Waals surface area (Å²) < 4.78 is 4.86. The standard InChI is InChI=1S/C5H9NO2.C2H6/c1-2-6-8-4-5-3-7-5;1-2/h2,5H,3-4H2,1H3;1-2H3/b6-2+;. The van der Waals surface area contributed by atoms with Crippen LogP contribution in [-0.2, 0) is 9.57 Å². The number of oxime groups is 1. The number of ether oxygens (including phenoxy) is 1. The van der Waals surface area contributed by atoms with Crippen LogP contribution in [-0.4, -0.2) is 25.5 Å². The van der Waals surface area contributed by atoms with Crippen molar-refractivity contribution in [3.8, 4) is 0 Å². The maximum Gasteiger partial charge on any atom is 0.145 e. The molecule has 0 aromatic carbocycles. The second kappa shape index (κ2) is 6.55. The van der Waals surface area contributed by atoms with Crippen LogP contribution in [0.5, 0.6) is 0 Å². The Balaban J connectivity index is 0.000000371. The first-order valence-electron chi connectivity index (χ1n) is 3.65. The van der Waals surface area contributed by atoms with Gasteiger partial charge in [0.05, 0.1) is 6.61 Å². The van der Waals surface area contributed by atoms with E-state index in [2.05, 4.69) is 5.16 Å². The highest BCUT2D eigenvalue weighted by Crippen LogP contribution is 2.07. The molecule has 0 bridgehead atoms. The molecule has 1 aliphatic heterocycles. The molecule has 0 saturated carbocycles. The second-order valence-electron chi connectivity index (χ2n) is 1.61. The van der Waals surface area contributed by atoms with E-state index in [-0.39, 0.29) is 0 Å². The van der Waals surface area contributed by atoms with Crippen LogP contribution in [0.15, 0.2) is 5.16 Å². The highest BCUT2D eigenvalue weighted by molar-refractivity contribution is 5.52. The van der Waals surface area contributed by atoms with Gasteiger partial charge in [0.25, 0.3) is 0 Å². The van der Waals surface area contributed by atoms with E-state index in [0.717, 1.165) is 6.61 Å². The molecule has 0 aromatic heterocycles. The Labute approximate surface area is 62.0 Å². The van der Waals surface area contributed by atoms with E-state index in [9.17, 15) is 0 Å². The van der Waals surface area contributed by atoms with Gasteiger partial charge in [-0.05, 0) is 6.92 Å². The zero-order valence-corrected chi connectivity index (χ0v) is 6.83. The van der Waals surface area contributed by atoms with Crippen LogP contribution < -0.4 is 0 Å². The summed E-state index contributed by atoms with van der Waals surface area (Å²) in [6, 6.07) is 0. The second-order valence-corrected chi connectivity index (χ2v) is 1.61. The summed E-state index contributed by atoms with van der Waals surface area (Å²) >= 11 is 0. The Morgan fingerprint density at radius 3 is 2.70 bits per heavy atom. The molecule has 1 fully saturated rings. The molecular formula is C7H15NO2. The maximum atomic E-state index is 4.86. The van der Waals surface area contributed by atoms with Gasteiger partial charge in [0.15, 0.2) is 0 Å². The van der Waals surface area contributed by atoms with Crippen molar-refractivity contribution in [1.82, 2.24) is 0 Å². The van der Waals surface area contributed by atoms with Gasteiger partial charge in [0.2, 0.25) is 0 Å². The number of epoxide rings is 1. The zero-order valence-electron chi connectivity index (χ0n) is 6.83. The van der Waals surface area contributed by atoms with Gasteiger partial charge in [-0.3, -0.25) is 0 Å². The van der Waals surface area contributed by atoms with Crippen LogP contribution in [0.4, 0.5) is 0 Å². The molecule has 0 radical (unpaired) electrons. The first-order chi connectivity index (χ1) is 4.93. The Kier molecular flexibility index (Phi) is 6.18. The molecule has 3 nitrogen and oxygen atoms in total. The fourth-order valence-corrected chi connectivity index (χ4v) is 0.365. The lowest BCUT2D eigenvalue weighted by molar-refractivity contribution is 0.126. The third kappa shape index (κ3) is 5.56. The molecule has 1 saturated heterocycles. The van der Waals surface area contributed by atoms with Crippen molar-refractivity contribution in [3.05, 3.63) is 0 Å². The number of hydrogen-bond donors (Lipinski definition) is 0. The van der Waals surface area contributed by atoms with Gasteiger partial charge in [0, 0.05) is 6.21 Å². The third-order valence-electron chi connectivity index (χ3n) is 0.843. The molecule has 60 valence electrons. The van der Waals surface area contributed by atoms with Gasteiger partial charge in [-0.15, -0.1) is 0 Å². The highest BCUT2D eigenvalue weighted by Gasteiger charge is 2.22. The normalized spacial score (nSPS) is 21.7. The largest absolute Gasteiger partial charge is 0.393 e. The van der Waals surface area contributed by atoms with Gasteiger partial charge in [-0.25, -0.2) is 0 Å². The molecule has 0 N–H and O–H groups in total. The van der Waals surface area contributed by atoms with Gasteiger partial charge in [-0.2, -0.15) is 0 Å². The molecule has 1 atom stereocenters. The van der Waals surface area contributed by atoms with E-state index in [1.54, 1.807) is 6.21 Å². The summed E-state index contributed by atoms with van der Waals surface area (Å²) in [6.45, 7) is 7.25. The van der Waals surface area contributed by atoms with Gasteiger partial charge in [-0.1, -0.05) is 19.0 Å². The lowest BCUT2D eigenvalue weighted by Crippen LogP contribution is -1.95. The molecule has 0 aromatic rings. The quantitative estimate of drug-likeness (QED) is 0.342. The first kappa shape index (κ1) is 9.43. The van der Waals surface area contributed by atoms with Gasteiger partial charge >= 0.3 is 0 Å². The van der Waals surface area contributed by atoms with Crippen LogP contribution in [0.1, 0.15) is 20.8 Å². The fourth-order valence-electron chi connectivity index (χ4n) is 0.365. The van der Waals surface area contributed by atoms with Crippen LogP contribution in [0.2, 0.25) is 0 Å². The van der Waals surface area contributed by atoms with Crippen molar-refractivity contribution in [2.45, 2.75) is 26.9 Å². The van der Waals surface area contributed by atoms with Crippen molar-refractivity contribution >= 4 is 6.21 Å². The molecule has 1 rings (SSSR count). The SMILES string of the molecule is C/C=N/OCC1CO1.CC. The topological polar surface area (TPSA) is 34.1 Å². The lowest BCUT2D eigenvalue weighted by atomic mass is 10.5. The van der Waals surface area contributed by atoms with E-state index in [1.165, 1.54) is 0 Å². The van der Waals surface area contributed by atoms with E-state index >= 15 is 0 Å². The minimum Gasteiger partial charge on any atom is -0.393 e. The third-order valence-corrected chi connectivity index (χ3v) is 0.843. The summed E-state index contributed by atoms with van der Waals surface area (Å²) in [4.78, 5) is 4.75. The van der Waals surface area contributed by atoms with E-state index in [1.807, 2.05) is 20.8 Å². The Bertz CT molecular complexity index is 89.6. The summed E-state index contributed by atoms with van der Waals surface area (Å²) in [5, 5.41) is 3.55. The average molecular weight is 145 g/mol. The molecule has 3 heteroatoms. The Morgan fingerprint density at radius 1 is 1.70 bits per heavy atom. The number of rotatable bonds is 3. The van der Waals surface area contributed by atoms with Crippen LogP contribution in [0, 0.1) is 0 Å². The van der Waals surface area contributed by atoms with Crippen LogP contribution in [0.3, 0.4) is 0 Å². The molecule has 0 spiro atoms. The van der Waals surface area contributed by atoms with Crippen LogP contribution in [0.25, 0.3) is 0 Å². The van der Waals surface area contributed by atoms with Crippen molar-refractivity contribution < 1.29 is 9.57 Å². The molecule has 1 heterocycles. The minimum atomic E-state index is 0.318. The number of hydrogen-bond acceptors (Lipinski definition) is 3. The van der Waals surface area contributed by atoms with E-state index in [4.69, 9.17) is 9.57 Å². The van der Waals surface area contributed by atoms with E-state index < -0.39 is 0 Å². The van der Waals surface area contributed by atoms with Crippen molar-refractivity contribution in [2.24, 2.45) is 5.16 Å². The summed E-state index contributed by atoms with van der Waals surface area (Å²) in [5.41, 5.74) is 0. The summed E-state index contributed by atoms with van der Waals surface area (Å²) in [5.74, 6) is 0. The minimum absolute atomic E-state index is 0.318. The first-order valence-corrected chi connectivity index (χ1v) is 3.65. The average Bonchev–Trinajstić information content (AvgIpc) is 2.77. The smallest absolute Gasteiger partial charge is 0.145 e. The van der Waals surface area contributed by atoms with Crippen molar-refractivity contribution in [1.29, 1.82) is 0 Å². The zero-order chi connectivity index (χ0) is 7.82. The molecule has 0 aliphatic carbocycles. The summed E-state index contributed by atoms with van der Waals surface area (Å²) in [7, 11) is 0. The van der Waals surface area contributed by atoms with Crippen molar-refractivity contribution in [2.75, 3.05) is 13.2 Å². The number of nitrogens with zero attached hydrogens (tertiary/aromatic N) is 1. The molecule has 1 aliphatic rings. The van der Waals surface area contributed by atoms with Crippen molar-refractivity contribution in [3.63, 3.8) is 0 Å². The molecule has 10 heavy (non-hydrogen) atoms. The Hall–Kier alpha value is -0.570. The van der Waals surface area contributed by atoms with Crippen LogP contribution >= 0.6 is 0 Å². The monoisotopic (exact) mass is 145 g/mol. The molecular weight excluding hydrogens is 130 g/mol.